The normalized spacial score (nSPS) is 33.7. The van der Waals surface area contributed by atoms with Gasteiger partial charge in [0.05, 0.1) is 18.9 Å². The first-order valence-electron chi connectivity index (χ1n) is 11.9. The number of carbonyl (C=O) groups is 2. The van der Waals surface area contributed by atoms with Crippen molar-refractivity contribution in [1.82, 2.24) is 0 Å². The lowest BCUT2D eigenvalue weighted by molar-refractivity contribution is -0.168. The predicted octanol–water partition coefficient (Wildman–Crippen LogP) is 5.37. The van der Waals surface area contributed by atoms with Gasteiger partial charge in [-0.2, -0.15) is 0 Å². The molecular weight excluding hydrogens is 404 g/mol. The van der Waals surface area contributed by atoms with E-state index >= 15 is 0 Å². The Morgan fingerprint density at radius 2 is 1.84 bits per heavy atom. The van der Waals surface area contributed by atoms with E-state index in [1.54, 1.807) is 0 Å². The number of hydrogen-bond acceptors (Lipinski definition) is 5. The van der Waals surface area contributed by atoms with Crippen molar-refractivity contribution in [2.75, 3.05) is 13.7 Å². The Labute approximate surface area is 192 Å². The third kappa shape index (κ3) is 3.52. The Kier molecular flexibility index (Phi) is 5.62. The Morgan fingerprint density at radius 1 is 1.16 bits per heavy atom. The molecule has 0 amide bonds. The molecule has 1 aliphatic heterocycles. The van der Waals surface area contributed by atoms with Crippen LogP contribution in [0, 0.1) is 34.5 Å². The lowest BCUT2D eigenvalue weighted by Crippen LogP contribution is -2.47. The summed E-state index contributed by atoms with van der Waals surface area (Å²) in [6.45, 7) is 13.0. The maximum Gasteiger partial charge on any atom is 0.312 e. The summed E-state index contributed by atoms with van der Waals surface area (Å²) in [6, 6.07) is 7.80. The predicted molar refractivity (Wildman–Crippen MR) is 122 cm³/mol. The molecule has 1 aromatic rings. The lowest BCUT2D eigenvalue weighted by Gasteiger charge is -2.46. The third-order valence-electron chi connectivity index (χ3n) is 8.99. The maximum absolute atomic E-state index is 13.9. The molecule has 1 heterocycles. The Hall–Kier alpha value is -2.04. The van der Waals surface area contributed by atoms with Crippen LogP contribution >= 0.6 is 0 Å². The van der Waals surface area contributed by atoms with E-state index in [-0.39, 0.29) is 41.2 Å². The molecule has 4 rings (SSSR count). The van der Waals surface area contributed by atoms with E-state index in [1.165, 1.54) is 13.5 Å². The molecule has 0 N–H and O–H groups in total. The molecule has 2 bridgehead atoms. The fraction of sp³-hybridized carbons (Fsp3) is 0.704. The lowest BCUT2D eigenvalue weighted by atomic mass is 9.59. The fourth-order valence-electron chi connectivity index (χ4n) is 6.94. The molecule has 176 valence electrons. The fourth-order valence-corrected chi connectivity index (χ4v) is 6.94. The van der Waals surface area contributed by atoms with Gasteiger partial charge in [0.2, 0.25) is 0 Å². The van der Waals surface area contributed by atoms with Crippen molar-refractivity contribution in [2.45, 2.75) is 72.3 Å². The van der Waals surface area contributed by atoms with E-state index in [1.807, 2.05) is 45.0 Å². The molecule has 5 heteroatoms. The number of carbonyl (C=O) groups excluding carboxylic acids is 2. The summed E-state index contributed by atoms with van der Waals surface area (Å²) in [5.74, 6) is -0.383. The molecule has 32 heavy (non-hydrogen) atoms. The van der Waals surface area contributed by atoms with Gasteiger partial charge in [0.15, 0.2) is 0 Å². The van der Waals surface area contributed by atoms with Gasteiger partial charge in [-0.05, 0) is 74.3 Å². The molecule has 2 fully saturated rings. The van der Waals surface area contributed by atoms with Gasteiger partial charge in [-0.1, -0.05) is 39.0 Å². The van der Waals surface area contributed by atoms with Crippen LogP contribution in [0.2, 0.25) is 0 Å². The zero-order valence-corrected chi connectivity index (χ0v) is 20.6. The number of rotatable bonds is 4. The number of ether oxygens (including phenoxy) is 3. The smallest absolute Gasteiger partial charge is 0.312 e. The van der Waals surface area contributed by atoms with E-state index in [4.69, 9.17) is 14.2 Å². The van der Waals surface area contributed by atoms with Gasteiger partial charge in [0, 0.05) is 5.92 Å². The van der Waals surface area contributed by atoms with Crippen molar-refractivity contribution >= 4 is 11.9 Å². The zero-order valence-electron chi connectivity index (χ0n) is 20.6. The van der Waals surface area contributed by atoms with Crippen LogP contribution < -0.4 is 4.74 Å². The van der Waals surface area contributed by atoms with Crippen LogP contribution in [0.3, 0.4) is 0 Å². The number of esters is 2. The summed E-state index contributed by atoms with van der Waals surface area (Å²) >= 11 is 0. The molecule has 5 nitrogen and oxygen atoms in total. The van der Waals surface area contributed by atoms with Crippen LogP contribution in [0.25, 0.3) is 0 Å². The summed E-state index contributed by atoms with van der Waals surface area (Å²) < 4.78 is 17.2. The molecule has 3 aliphatic rings. The summed E-state index contributed by atoms with van der Waals surface area (Å²) in [6.07, 6.45) is 3.29. The summed E-state index contributed by atoms with van der Waals surface area (Å²) in [4.78, 5) is 26.9. The van der Waals surface area contributed by atoms with Crippen LogP contribution in [0.15, 0.2) is 24.3 Å². The first-order chi connectivity index (χ1) is 14.9. The van der Waals surface area contributed by atoms with E-state index < -0.39 is 17.4 Å². The average Bonchev–Trinajstić information content (AvgIpc) is 3.06. The van der Waals surface area contributed by atoms with Gasteiger partial charge < -0.3 is 14.2 Å². The Morgan fingerprint density at radius 3 is 2.41 bits per heavy atom. The van der Waals surface area contributed by atoms with Crippen LogP contribution in [-0.2, 0) is 19.1 Å². The van der Waals surface area contributed by atoms with Crippen molar-refractivity contribution in [3.8, 4) is 5.75 Å². The van der Waals surface area contributed by atoms with E-state index in [9.17, 15) is 9.59 Å². The van der Waals surface area contributed by atoms with Crippen molar-refractivity contribution in [1.29, 1.82) is 0 Å². The Balaban J connectivity index is 1.85. The van der Waals surface area contributed by atoms with Crippen molar-refractivity contribution in [3.05, 3.63) is 29.8 Å². The number of fused-ring (bicyclic) bond motifs is 3. The van der Waals surface area contributed by atoms with E-state index in [2.05, 4.69) is 20.8 Å². The monoisotopic (exact) mass is 442 g/mol. The first-order valence-corrected chi connectivity index (χ1v) is 11.9. The molecule has 0 spiro atoms. The second kappa shape index (κ2) is 7.78. The van der Waals surface area contributed by atoms with Crippen molar-refractivity contribution in [2.24, 2.45) is 34.5 Å². The van der Waals surface area contributed by atoms with Gasteiger partial charge in [0.1, 0.15) is 18.0 Å². The minimum absolute atomic E-state index is 0.00710. The van der Waals surface area contributed by atoms with Gasteiger partial charge in [-0.15, -0.1) is 0 Å². The van der Waals surface area contributed by atoms with Crippen molar-refractivity contribution in [3.63, 3.8) is 0 Å². The minimum Gasteiger partial charge on any atom is -0.492 e. The highest BCUT2D eigenvalue weighted by Gasteiger charge is 2.65. The van der Waals surface area contributed by atoms with Crippen LogP contribution in [0.5, 0.6) is 5.75 Å². The molecule has 0 aromatic heterocycles. The van der Waals surface area contributed by atoms with Gasteiger partial charge in [-0.25, -0.2) is 0 Å². The SMILES string of the molecule is COC(=O)[C@@H]1COc2ccccc2[C@@H]1[C@@H](C(=O)OC(C)(C)C)C1CC2CCC1(C)C2(C)C. The van der Waals surface area contributed by atoms with Crippen LogP contribution in [-0.4, -0.2) is 31.3 Å². The quantitative estimate of drug-likeness (QED) is 0.587. The number of benzene rings is 1. The molecule has 0 radical (unpaired) electrons. The second-order valence-electron chi connectivity index (χ2n) is 11.8. The third-order valence-corrected chi connectivity index (χ3v) is 8.99. The van der Waals surface area contributed by atoms with Gasteiger partial charge in [0.25, 0.3) is 0 Å². The standard InChI is InChI=1S/C27H38O5/c1-25(2,3)32-24(29)22(19-14-16-12-13-27(19,6)26(16,4)5)21-17-10-8-9-11-20(17)31-15-18(21)23(28)30-7/h8-11,16,18-19,21-22H,12-15H2,1-7H3/t16?,18-,19?,21+,22+,27?/m1/s1. The second-order valence-corrected chi connectivity index (χ2v) is 11.8. The van der Waals surface area contributed by atoms with E-state index in [0.717, 1.165) is 24.2 Å². The van der Waals surface area contributed by atoms with Crippen LogP contribution in [0.4, 0.5) is 0 Å². The van der Waals surface area contributed by atoms with Crippen LogP contribution in [0.1, 0.15) is 72.3 Å². The number of hydrogen-bond donors (Lipinski definition) is 0. The molecular formula is C27H38O5. The minimum atomic E-state index is -0.602. The number of methoxy groups -OCH3 is 1. The average molecular weight is 443 g/mol. The highest BCUT2D eigenvalue weighted by molar-refractivity contribution is 5.80. The summed E-state index contributed by atoms with van der Waals surface area (Å²) in [5, 5.41) is 0. The summed E-state index contributed by atoms with van der Waals surface area (Å²) in [5.41, 5.74) is 0.458. The van der Waals surface area contributed by atoms with E-state index in [0.29, 0.717) is 5.92 Å². The maximum atomic E-state index is 13.9. The zero-order chi connectivity index (χ0) is 23.5. The molecule has 0 saturated heterocycles. The van der Waals surface area contributed by atoms with Gasteiger partial charge in [-0.3, -0.25) is 9.59 Å². The Bertz CT molecular complexity index is 898. The molecule has 2 aliphatic carbocycles. The molecule has 3 unspecified atom stereocenters. The first kappa shape index (κ1) is 23.1. The number of para-hydroxylation sites is 1. The molecule has 2 saturated carbocycles. The largest absolute Gasteiger partial charge is 0.492 e. The highest BCUT2D eigenvalue weighted by atomic mass is 16.6. The van der Waals surface area contributed by atoms with Crippen molar-refractivity contribution < 1.29 is 23.8 Å². The molecule has 1 aromatic carbocycles. The highest BCUT2D eigenvalue weighted by Crippen LogP contribution is 2.71. The van der Waals surface area contributed by atoms with Gasteiger partial charge >= 0.3 is 11.9 Å². The summed E-state index contributed by atoms with van der Waals surface area (Å²) in [7, 11) is 1.41. The topological polar surface area (TPSA) is 61.8 Å². The molecule has 6 atom stereocenters.